The minimum atomic E-state index is -0.965. The van der Waals surface area contributed by atoms with Gasteiger partial charge in [0.05, 0.1) is 0 Å². The number of anilines is 1. The van der Waals surface area contributed by atoms with Crippen molar-refractivity contribution in [1.29, 1.82) is 0 Å². The molecule has 0 aliphatic rings. The minimum Gasteiger partial charge on any atom is -0.448 e. The van der Waals surface area contributed by atoms with Crippen LogP contribution >= 0.6 is 0 Å². The predicted molar refractivity (Wildman–Crippen MR) is 83.9 cm³/mol. The van der Waals surface area contributed by atoms with Gasteiger partial charge in [-0.15, -0.1) is 0 Å². The molecule has 120 valence electrons. The van der Waals surface area contributed by atoms with Crippen molar-refractivity contribution in [2.45, 2.75) is 13.0 Å². The Bertz CT molecular complexity index is 734. The van der Waals surface area contributed by atoms with Crippen molar-refractivity contribution in [2.75, 3.05) is 5.32 Å². The number of nitrogens with two attached hydrogens (primary N) is 1. The van der Waals surface area contributed by atoms with Crippen LogP contribution in [0, 0.1) is 0 Å². The molecule has 3 N–H and O–H groups in total. The smallest absolute Gasteiger partial charge is 0.355 e. The highest BCUT2D eigenvalue weighted by Crippen LogP contribution is 2.11. The Morgan fingerprint density at radius 2 is 1.83 bits per heavy atom. The standard InChI is InChI=1S/C16H17N3O4/c1-10(23-16(22)13-4-3-9-19(13)2)15(21)18-12-7-5-11(6-8-12)14(17)20/h3-10H,1-2H3,(H2,17,20)(H,18,21)/t10-/m0/s1. The van der Waals surface area contributed by atoms with E-state index in [4.69, 9.17) is 10.5 Å². The van der Waals surface area contributed by atoms with Gasteiger partial charge in [-0.05, 0) is 43.3 Å². The maximum absolute atomic E-state index is 12.0. The first-order valence-electron chi connectivity index (χ1n) is 6.91. The second-order valence-electron chi connectivity index (χ2n) is 4.98. The lowest BCUT2D eigenvalue weighted by molar-refractivity contribution is -0.123. The van der Waals surface area contributed by atoms with Gasteiger partial charge in [0.25, 0.3) is 5.91 Å². The van der Waals surface area contributed by atoms with E-state index in [-0.39, 0.29) is 0 Å². The molecule has 0 saturated heterocycles. The van der Waals surface area contributed by atoms with Crippen LogP contribution in [-0.4, -0.2) is 28.5 Å². The number of esters is 1. The highest BCUT2D eigenvalue weighted by atomic mass is 16.5. The van der Waals surface area contributed by atoms with Crippen molar-refractivity contribution in [2.24, 2.45) is 12.8 Å². The van der Waals surface area contributed by atoms with Crippen molar-refractivity contribution in [3.8, 4) is 0 Å². The van der Waals surface area contributed by atoms with Gasteiger partial charge in [0.15, 0.2) is 6.10 Å². The second kappa shape index (κ2) is 6.78. The summed E-state index contributed by atoms with van der Waals surface area (Å²) in [6, 6.07) is 9.40. The number of ether oxygens (including phenoxy) is 1. The average Bonchev–Trinajstić information content (AvgIpc) is 2.93. The summed E-state index contributed by atoms with van der Waals surface area (Å²) in [5.41, 5.74) is 6.31. The van der Waals surface area contributed by atoms with E-state index >= 15 is 0 Å². The maximum Gasteiger partial charge on any atom is 0.355 e. The molecule has 0 saturated carbocycles. The van der Waals surface area contributed by atoms with Crippen LogP contribution in [-0.2, 0) is 16.6 Å². The molecule has 0 aliphatic carbocycles. The Morgan fingerprint density at radius 3 is 2.35 bits per heavy atom. The van der Waals surface area contributed by atoms with Crippen LogP contribution in [0.1, 0.15) is 27.8 Å². The van der Waals surface area contributed by atoms with Crippen LogP contribution in [0.3, 0.4) is 0 Å². The molecule has 2 aromatic rings. The molecule has 0 unspecified atom stereocenters. The third kappa shape index (κ3) is 3.97. The molecular formula is C16H17N3O4. The fourth-order valence-corrected chi connectivity index (χ4v) is 1.91. The maximum atomic E-state index is 12.0. The highest BCUT2D eigenvalue weighted by Gasteiger charge is 2.20. The zero-order chi connectivity index (χ0) is 17.0. The largest absolute Gasteiger partial charge is 0.448 e. The number of carbonyl (C=O) groups is 3. The number of primary amides is 1. The van der Waals surface area contributed by atoms with Gasteiger partial charge in [-0.2, -0.15) is 0 Å². The third-order valence-electron chi connectivity index (χ3n) is 3.24. The van der Waals surface area contributed by atoms with Crippen molar-refractivity contribution >= 4 is 23.5 Å². The molecule has 0 bridgehead atoms. The van der Waals surface area contributed by atoms with Gasteiger partial charge in [0.1, 0.15) is 5.69 Å². The Kier molecular flexibility index (Phi) is 4.80. The van der Waals surface area contributed by atoms with Gasteiger partial charge in [0, 0.05) is 24.5 Å². The van der Waals surface area contributed by atoms with Gasteiger partial charge in [-0.1, -0.05) is 0 Å². The SMILES string of the molecule is C[C@H](OC(=O)c1cccn1C)C(=O)Nc1ccc(C(N)=O)cc1. The van der Waals surface area contributed by atoms with Gasteiger partial charge < -0.3 is 20.4 Å². The van der Waals surface area contributed by atoms with Crippen molar-refractivity contribution in [3.63, 3.8) is 0 Å². The lowest BCUT2D eigenvalue weighted by Gasteiger charge is -2.14. The predicted octanol–water partition coefficient (Wildman–Crippen LogP) is 1.31. The third-order valence-corrected chi connectivity index (χ3v) is 3.24. The molecular weight excluding hydrogens is 298 g/mol. The molecule has 1 aromatic carbocycles. The number of rotatable bonds is 5. The van der Waals surface area contributed by atoms with Crippen LogP contribution < -0.4 is 11.1 Å². The molecule has 0 fully saturated rings. The molecule has 7 heteroatoms. The zero-order valence-electron chi connectivity index (χ0n) is 12.8. The molecule has 0 spiro atoms. The summed E-state index contributed by atoms with van der Waals surface area (Å²) in [6.07, 6.45) is 0.745. The lowest BCUT2D eigenvalue weighted by Crippen LogP contribution is -2.30. The zero-order valence-corrected chi connectivity index (χ0v) is 12.8. The van der Waals surface area contributed by atoms with Gasteiger partial charge in [0.2, 0.25) is 5.91 Å². The number of hydrogen-bond donors (Lipinski definition) is 2. The Morgan fingerprint density at radius 1 is 1.17 bits per heavy atom. The Balaban J connectivity index is 1.96. The summed E-state index contributed by atoms with van der Waals surface area (Å²) >= 11 is 0. The number of aryl methyl sites for hydroxylation is 1. The van der Waals surface area contributed by atoms with Gasteiger partial charge in [-0.25, -0.2) is 4.79 Å². The number of hydrogen-bond acceptors (Lipinski definition) is 4. The molecule has 1 aromatic heterocycles. The summed E-state index contributed by atoms with van der Waals surface area (Å²) in [4.78, 5) is 35.0. The van der Waals surface area contributed by atoms with Crippen molar-refractivity contribution in [3.05, 3.63) is 53.9 Å². The van der Waals surface area contributed by atoms with E-state index in [2.05, 4.69) is 5.32 Å². The Hall–Kier alpha value is -3.09. The van der Waals surface area contributed by atoms with E-state index in [1.165, 1.54) is 19.1 Å². The van der Waals surface area contributed by atoms with E-state index in [0.717, 1.165) is 0 Å². The first-order chi connectivity index (χ1) is 10.9. The fraction of sp³-hybridized carbons (Fsp3) is 0.188. The molecule has 2 amide bonds. The van der Waals surface area contributed by atoms with Crippen LogP contribution in [0.4, 0.5) is 5.69 Å². The molecule has 23 heavy (non-hydrogen) atoms. The second-order valence-corrected chi connectivity index (χ2v) is 4.98. The lowest BCUT2D eigenvalue weighted by atomic mass is 10.2. The van der Waals surface area contributed by atoms with Crippen molar-refractivity contribution in [1.82, 2.24) is 4.57 Å². The first-order valence-corrected chi connectivity index (χ1v) is 6.91. The molecule has 7 nitrogen and oxygen atoms in total. The minimum absolute atomic E-state index is 0.339. The van der Waals surface area contributed by atoms with E-state index < -0.39 is 23.9 Å². The summed E-state index contributed by atoms with van der Waals surface area (Å²) in [5.74, 6) is -1.60. The quantitative estimate of drug-likeness (QED) is 0.812. The van der Waals surface area contributed by atoms with Crippen molar-refractivity contribution < 1.29 is 19.1 Å². The normalized spacial score (nSPS) is 11.6. The first kappa shape index (κ1) is 16.3. The number of benzene rings is 1. The summed E-state index contributed by atoms with van der Waals surface area (Å²) in [5, 5.41) is 2.60. The van der Waals surface area contributed by atoms with Crippen LogP contribution in [0.5, 0.6) is 0 Å². The number of carbonyl (C=O) groups excluding carboxylic acids is 3. The number of aromatic nitrogens is 1. The summed E-state index contributed by atoms with van der Waals surface area (Å²) in [6.45, 7) is 1.48. The summed E-state index contributed by atoms with van der Waals surface area (Å²) < 4.78 is 6.73. The monoisotopic (exact) mass is 315 g/mol. The Labute approximate surface area is 133 Å². The highest BCUT2D eigenvalue weighted by molar-refractivity contribution is 5.98. The topological polar surface area (TPSA) is 103 Å². The fourth-order valence-electron chi connectivity index (χ4n) is 1.91. The molecule has 2 rings (SSSR count). The van der Waals surface area contributed by atoms with E-state index in [1.807, 2.05) is 0 Å². The molecule has 1 atom stereocenters. The molecule has 0 radical (unpaired) electrons. The van der Waals surface area contributed by atoms with E-state index in [1.54, 1.807) is 42.1 Å². The molecule has 0 aliphatic heterocycles. The number of nitrogens with zero attached hydrogens (tertiary/aromatic N) is 1. The van der Waals surface area contributed by atoms with Crippen LogP contribution in [0.15, 0.2) is 42.6 Å². The van der Waals surface area contributed by atoms with Gasteiger partial charge >= 0.3 is 5.97 Å². The van der Waals surface area contributed by atoms with E-state index in [9.17, 15) is 14.4 Å². The number of amides is 2. The number of nitrogens with one attached hydrogen (secondary N) is 1. The molecule has 1 heterocycles. The van der Waals surface area contributed by atoms with Crippen LogP contribution in [0.25, 0.3) is 0 Å². The summed E-state index contributed by atoms with van der Waals surface area (Å²) in [7, 11) is 1.71. The van der Waals surface area contributed by atoms with E-state index in [0.29, 0.717) is 16.9 Å². The average molecular weight is 315 g/mol. The van der Waals surface area contributed by atoms with Gasteiger partial charge in [-0.3, -0.25) is 9.59 Å². The van der Waals surface area contributed by atoms with Crippen LogP contribution in [0.2, 0.25) is 0 Å².